The highest BCUT2D eigenvalue weighted by atomic mass is 16.4. The zero-order valence-corrected chi connectivity index (χ0v) is 10.7. The van der Waals surface area contributed by atoms with Gasteiger partial charge in [-0.25, -0.2) is 0 Å². The summed E-state index contributed by atoms with van der Waals surface area (Å²) in [5, 5.41) is 12.1. The van der Waals surface area contributed by atoms with Crippen LogP contribution >= 0.6 is 0 Å². The SMILES string of the molecule is O=C([O-])C[C@H](c1ccncc1)c1c[nH]c2ccccc12. The molecule has 2 heterocycles. The number of fused-ring (bicyclic) bond motifs is 1. The molecule has 20 heavy (non-hydrogen) atoms. The topological polar surface area (TPSA) is 68.8 Å². The number of pyridine rings is 1. The average molecular weight is 265 g/mol. The van der Waals surface area contributed by atoms with E-state index in [2.05, 4.69) is 9.97 Å². The summed E-state index contributed by atoms with van der Waals surface area (Å²) in [4.78, 5) is 18.2. The molecule has 0 saturated carbocycles. The molecule has 3 rings (SSSR count). The summed E-state index contributed by atoms with van der Waals surface area (Å²) in [5.74, 6) is -1.30. The van der Waals surface area contributed by atoms with Crippen LogP contribution in [0.3, 0.4) is 0 Å². The number of carbonyl (C=O) groups excluding carboxylic acids is 1. The Morgan fingerprint density at radius 1 is 1.20 bits per heavy atom. The van der Waals surface area contributed by atoms with Gasteiger partial charge in [0.2, 0.25) is 0 Å². The summed E-state index contributed by atoms with van der Waals surface area (Å²) in [6, 6.07) is 11.5. The molecular formula is C16H13N2O2-. The number of para-hydroxylation sites is 1. The van der Waals surface area contributed by atoms with E-state index in [1.54, 1.807) is 12.4 Å². The second kappa shape index (κ2) is 5.17. The van der Waals surface area contributed by atoms with Crippen molar-refractivity contribution < 1.29 is 9.90 Å². The van der Waals surface area contributed by atoms with Gasteiger partial charge in [-0.05, 0) is 35.7 Å². The smallest absolute Gasteiger partial charge is 0.0457 e. The minimum atomic E-state index is -1.06. The van der Waals surface area contributed by atoms with Crippen molar-refractivity contribution in [3.63, 3.8) is 0 Å². The lowest BCUT2D eigenvalue weighted by molar-refractivity contribution is -0.305. The van der Waals surface area contributed by atoms with Crippen LogP contribution in [0.5, 0.6) is 0 Å². The van der Waals surface area contributed by atoms with Crippen LogP contribution in [0.15, 0.2) is 55.0 Å². The highest BCUT2D eigenvalue weighted by Gasteiger charge is 2.18. The lowest BCUT2D eigenvalue weighted by Gasteiger charge is -2.17. The van der Waals surface area contributed by atoms with Gasteiger partial charge in [0.05, 0.1) is 0 Å². The Morgan fingerprint density at radius 2 is 1.95 bits per heavy atom. The predicted molar refractivity (Wildman–Crippen MR) is 74.0 cm³/mol. The maximum absolute atomic E-state index is 11.1. The van der Waals surface area contributed by atoms with E-state index < -0.39 is 5.97 Å². The van der Waals surface area contributed by atoms with E-state index in [1.165, 1.54) is 0 Å². The highest BCUT2D eigenvalue weighted by molar-refractivity contribution is 5.85. The molecule has 0 spiro atoms. The second-order valence-electron chi connectivity index (χ2n) is 4.70. The number of carboxylic acid groups (broad SMARTS) is 1. The van der Waals surface area contributed by atoms with Crippen LogP contribution in [0.1, 0.15) is 23.5 Å². The van der Waals surface area contributed by atoms with Crippen molar-refractivity contribution in [2.24, 2.45) is 0 Å². The minimum Gasteiger partial charge on any atom is -0.550 e. The first-order valence-electron chi connectivity index (χ1n) is 6.41. The van der Waals surface area contributed by atoms with Crippen molar-refractivity contribution in [3.8, 4) is 0 Å². The molecule has 0 radical (unpaired) electrons. The van der Waals surface area contributed by atoms with Crippen LogP contribution in [0.25, 0.3) is 10.9 Å². The molecule has 0 fully saturated rings. The molecule has 1 atom stereocenters. The maximum atomic E-state index is 11.1. The number of aromatic nitrogens is 2. The van der Waals surface area contributed by atoms with Gasteiger partial charge in [0.25, 0.3) is 0 Å². The molecule has 0 aliphatic heterocycles. The van der Waals surface area contributed by atoms with E-state index in [1.807, 2.05) is 42.6 Å². The predicted octanol–water partition coefficient (Wildman–Crippen LogP) is 1.83. The van der Waals surface area contributed by atoms with Gasteiger partial charge in [-0.3, -0.25) is 4.98 Å². The van der Waals surface area contributed by atoms with E-state index in [0.29, 0.717) is 0 Å². The number of aliphatic carboxylic acids is 1. The number of nitrogens with one attached hydrogen (secondary N) is 1. The van der Waals surface area contributed by atoms with Crippen LogP contribution < -0.4 is 5.11 Å². The third-order valence-corrected chi connectivity index (χ3v) is 3.48. The fourth-order valence-corrected chi connectivity index (χ4v) is 2.55. The summed E-state index contributed by atoms with van der Waals surface area (Å²) < 4.78 is 0. The molecule has 0 unspecified atom stereocenters. The zero-order chi connectivity index (χ0) is 13.9. The van der Waals surface area contributed by atoms with Gasteiger partial charge in [-0.1, -0.05) is 18.2 Å². The number of nitrogens with zero attached hydrogens (tertiary/aromatic N) is 1. The standard InChI is InChI=1S/C16H14N2O2/c19-16(20)9-13(11-5-7-17-8-6-11)14-10-18-15-4-2-1-3-12(14)15/h1-8,10,13,18H,9H2,(H,19,20)/p-1/t13-/m1/s1. The summed E-state index contributed by atoms with van der Waals surface area (Å²) in [6.07, 6.45) is 5.17. The van der Waals surface area contributed by atoms with Crippen molar-refractivity contribution in [3.05, 3.63) is 66.1 Å². The molecule has 4 heteroatoms. The molecule has 0 amide bonds. The van der Waals surface area contributed by atoms with Gasteiger partial charge in [0.15, 0.2) is 0 Å². The number of carbonyl (C=O) groups is 1. The van der Waals surface area contributed by atoms with Gasteiger partial charge in [-0.2, -0.15) is 0 Å². The third-order valence-electron chi connectivity index (χ3n) is 3.48. The number of aromatic amines is 1. The summed E-state index contributed by atoms with van der Waals surface area (Å²) >= 11 is 0. The van der Waals surface area contributed by atoms with Crippen molar-refractivity contribution in [2.75, 3.05) is 0 Å². The van der Waals surface area contributed by atoms with Crippen LogP contribution in [0, 0.1) is 0 Å². The third kappa shape index (κ3) is 2.28. The molecule has 0 aliphatic carbocycles. The van der Waals surface area contributed by atoms with Gasteiger partial charge in [0, 0.05) is 41.4 Å². The van der Waals surface area contributed by atoms with Crippen molar-refractivity contribution in [1.29, 1.82) is 0 Å². The lowest BCUT2D eigenvalue weighted by Crippen LogP contribution is -2.24. The summed E-state index contributed by atoms with van der Waals surface area (Å²) in [5.41, 5.74) is 2.89. The van der Waals surface area contributed by atoms with Crippen molar-refractivity contribution in [2.45, 2.75) is 12.3 Å². The first kappa shape index (κ1) is 12.4. The fraction of sp³-hybridized carbons (Fsp3) is 0.125. The molecule has 0 aliphatic rings. The number of hydrogen-bond acceptors (Lipinski definition) is 3. The van der Waals surface area contributed by atoms with Crippen molar-refractivity contribution >= 4 is 16.9 Å². The van der Waals surface area contributed by atoms with E-state index in [0.717, 1.165) is 22.0 Å². The Labute approximate surface area is 116 Å². The van der Waals surface area contributed by atoms with Gasteiger partial charge >= 0.3 is 0 Å². The fourth-order valence-electron chi connectivity index (χ4n) is 2.55. The number of rotatable bonds is 4. The quantitative estimate of drug-likeness (QED) is 0.782. The van der Waals surface area contributed by atoms with Gasteiger partial charge < -0.3 is 14.9 Å². The van der Waals surface area contributed by atoms with Crippen LogP contribution in [-0.4, -0.2) is 15.9 Å². The van der Waals surface area contributed by atoms with E-state index in [-0.39, 0.29) is 12.3 Å². The molecule has 100 valence electrons. The highest BCUT2D eigenvalue weighted by Crippen LogP contribution is 2.32. The van der Waals surface area contributed by atoms with Gasteiger partial charge in [-0.15, -0.1) is 0 Å². The lowest BCUT2D eigenvalue weighted by atomic mass is 9.89. The Morgan fingerprint density at radius 3 is 2.70 bits per heavy atom. The Balaban J connectivity index is 2.12. The number of hydrogen-bond donors (Lipinski definition) is 1. The Bertz CT molecular complexity index is 734. The van der Waals surface area contributed by atoms with Crippen LogP contribution in [0.2, 0.25) is 0 Å². The van der Waals surface area contributed by atoms with E-state index >= 15 is 0 Å². The van der Waals surface area contributed by atoms with E-state index in [9.17, 15) is 9.90 Å². The number of benzene rings is 1. The number of H-pyrrole nitrogens is 1. The molecule has 4 nitrogen and oxygen atoms in total. The summed E-state index contributed by atoms with van der Waals surface area (Å²) in [6.45, 7) is 0. The van der Waals surface area contributed by atoms with Crippen LogP contribution in [-0.2, 0) is 4.79 Å². The molecule has 3 aromatic rings. The first-order valence-corrected chi connectivity index (χ1v) is 6.41. The van der Waals surface area contributed by atoms with Gasteiger partial charge in [0.1, 0.15) is 0 Å². The van der Waals surface area contributed by atoms with E-state index in [4.69, 9.17) is 0 Å². The zero-order valence-electron chi connectivity index (χ0n) is 10.7. The summed E-state index contributed by atoms with van der Waals surface area (Å²) in [7, 11) is 0. The molecule has 1 N–H and O–H groups in total. The largest absolute Gasteiger partial charge is 0.550 e. The molecule has 2 aromatic heterocycles. The minimum absolute atomic E-state index is 0.0497. The first-order chi connectivity index (χ1) is 9.75. The van der Waals surface area contributed by atoms with Crippen molar-refractivity contribution in [1.82, 2.24) is 9.97 Å². The molecule has 1 aromatic carbocycles. The maximum Gasteiger partial charge on any atom is 0.0457 e. The van der Waals surface area contributed by atoms with Crippen LogP contribution in [0.4, 0.5) is 0 Å². The molecule has 0 saturated heterocycles. The Kier molecular flexibility index (Phi) is 3.21. The Hall–Kier alpha value is -2.62. The number of carboxylic acids is 1. The normalized spacial score (nSPS) is 12.4. The molecule has 0 bridgehead atoms. The monoisotopic (exact) mass is 265 g/mol. The second-order valence-corrected chi connectivity index (χ2v) is 4.70. The average Bonchev–Trinajstić information content (AvgIpc) is 2.89. The molecular weight excluding hydrogens is 252 g/mol.